The first-order valence-electron chi connectivity index (χ1n) is 6.25. The molecule has 21 heavy (non-hydrogen) atoms. The van der Waals surface area contributed by atoms with Gasteiger partial charge in [0, 0.05) is 18.5 Å². The molecule has 0 aliphatic carbocycles. The summed E-state index contributed by atoms with van der Waals surface area (Å²) in [5.41, 5.74) is 0.734. The zero-order chi connectivity index (χ0) is 15.0. The molecule has 0 saturated carbocycles. The quantitative estimate of drug-likeness (QED) is 0.546. The number of H-pyrrole nitrogens is 1. The summed E-state index contributed by atoms with van der Waals surface area (Å²) in [4.78, 5) is 14.5. The van der Waals surface area contributed by atoms with Crippen LogP contribution in [0.15, 0.2) is 21.3 Å². The lowest BCUT2D eigenvalue weighted by Gasteiger charge is -2.06. The van der Waals surface area contributed by atoms with Crippen molar-refractivity contribution in [2.45, 2.75) is 6.54 Å². The van der Waals surface area contributed by atoms with Crippen LogP contribution in [0.1, 0.15) is 5.56 Å². The van der Waals surface area contributed by atoms with E-state index < -0.39 is 5.76 Å². The Morgan fingerprint density at radius 1 is 1.48 bits per heavy atom. The summed E-state index contributed by atoms with van der Waals surface area (Å²) in [5, 5.41) is 21.6. The number of fused-ring (bicyclic) bond motifs is 3. The van der Waals surface area contributed by atoms with Gasteiger partial charge in [0.05, 0.1) is 21.7 Å². The number of nitrogens with one attached hydrogen (secondary N) is 3. The molecule has 0 aliphatic rings. The van der Waals surface area contributed by atoms with Gasteiger partial charge in [-0.2, -0.15) is 0 Å². The minimum Gasteiger partial charge on any atom is -0.395 e. The predicted molar refractivity (Wildman–Crippen MR) is 81.9 cm³/mol. The lowest BCUT2D eigenvalue weighted by Crippen LogP contribution is -2.17. The highest BCUT2D eigenvalue weighted by atomic mass is 35.5. The highest BCUT2D eigenvalue weighted by Gasteiger charge is 2.14. The lowest BCUT2D eigenvalue weighted by molar-refractivity contribution is 0.292. The summed E-state index contributed by atoms with van der Waals surface area (Å²) < 4.78 is 5.59. The first-order chi connectivity index (χ1) is 10.1. The molecular formula is C13H12ClN3O3S. The van der Waals surface area contributed by atoms with E-state index in [0.717, 1.165) is 15.6 Å². The van der Waals surface area contributed by atoms with Gasteiger partial charge in [-0.15, -0.1) is 11.3 Å². The van der Waals surface area contributed by atoms with Gasteiger partial charge in [-0.3, -0.25) is 10.4 Å². The average Bonchev–Trinajstić information content (AvgIpc) is 2.81. The highest BCUT2D eigenvalue weighted by Crippen LogP contribution is 2.36. The average molecular weight is 326 g/mol. The minimum atomic E-state index is -0.653. The predicted octanol–water partition coefficient (Wildman–Crippen LogP) is 1.55. The summed E-state index contributed by atoms with van der Waals surface area (Å²) in [5.74, 6) is -0.653. The lowest BCUT2D eigenvalue weighted by atomic mass is 10.1. The number of hydrogen-bond donors (Lipinski definition) is 4. The molecule has 110 valence electrons. The van der Waals surface area contributed by atoms with Gasteiger partial charge in [0.25, 0.3) is 0 Å². The number of benzene rings is 1. The molecule has 3 rings (SSSR count). The van der Waals surface area contributed by atoms with Crippen molar-refractivity contribution in [3.63, 3.8) is 0 Å². The second-order valence-corrected chi connectivity index (χ2v) is 5.86. The summed E-state index contributed by atoms with van der Waals surface area (Å²) >= 11 is 7.73. The molecule has 3 aromatic rings. The maximum Gasteiger partial charge on any atom is 0.419 e. The van der Waals surface area contributed by atoms with E-state index in [9.17, 15) is 4.79 Å². The topological polar surface area (TPSA) is 102 Å². The Balaban J connectivity index is 2.20. The molecule has 1 aromatic carbocycles. The standard InChI is InChI=1S/C13H12ClN3O3S/c14-9-6(5-16-3-4-18)1-2-7-8-11(15)20-13(19)17-12(8)21-10(7)9/h1-2,15-16,18H,3-5H2,(H,17,19). The van der Waals surface area contributed by atoms with Gasteiger partial charge in [-0.1, -0.05) is 23.7 Å². The number of hydrogen-bond acceptors (Lipinski definition) is 6. The van der Waals surface area contributed by atoms with E-state index in [-0.39, 0.29) is 12.2 Å². The molecule has 0 fully saturated rings. The number of aromatic nitrogens is 1. The third-order valence-corrected chi connectivity index (χ3v) is 4.80. The van der Waals surface area contributed by atoms with Gasteiger partial charge >= 0.3 is 5.76 Å². The zero-order valence-corrected chi connectivity index (χ0v) is 12.4. The number of aliphatic hydroxyl groups is 1. The molecule has 8 heteroatoms. The first-order valence-corrected chi connectivity index (χ1v) is 7.44. The zero-order valence-electron chi connectivity index (χ0n) is 10.8. The molecule has 6 nitrogen and oxygen atoms in total. The summed E-state index contributed by atoms with van der Waals surface area (Å²) in [7, 11) is 0. The number of halogens is 1. The Hall–Kier alpha value is -1.67. The minimum absolute atomic E-state index is 0.0632. The van der Waals surface area contributed by atoms with Crippen LogP contribution in [0.4, 0.5) is 0 Å². The van der Waals surface area contributed by atoms with Crippen LogP contribution in [-0.4, -0.2) is 23.2 Å². The third kappa shape index (κ3) is 2.49. The Labute approximate surface area is 127 Å². The number of thiophene rings is 1. The second-order valence-electron chi connectivity index (χ2n) is 4.47. The Morgan fingerprint density at radius 2 is 2.29 bits per heavy atom. The van der Waals surface area contributed by atoms with Crippen molar-refractivity contribution in [2.24, 2.45) is 0 Å². The maximum absolute atomic E-state index is 11.3. The Kier molecular flexibility index (Phi) is 3.81. The molecule has 2 heterocycles. The van der Waals surface area contributed by atoms with Crippen molar-refractivity contribution in [1.82, 2.24) is 10.3 Å². The van der Waals surface area contributed by atoms with E-state index in [2.05, 4.69) is 10.3 Å². The van der Waals surface area contributed by atoms with Crippen LogP contribution in [0.25, 0.3) is 20.3 Å². The number of rotatable bonds is 4. The van der Waals surface area contributed by atoms with Crippen LogP contribution in [0.3, 0.4) is 0 Å². The third-order valence-electron chi connectivity index (χ3n) is 3.12. The molecule has 0 aliphatic heterocycles. The first kappa shape index (κ1) is 14.3. The highest BCUT2D eigenvalue weighted by molar-refractivity contribution is 7.26. The van der Waals surface area contributed by atoms with Gasteiger partial charge < -0.3 is 14.8 Å². The normalized spacial score (nSPS) is 11.5. The SMILES string of the molecule is N=c1oc(=O)[nH]c2sc3c(Cl)c(CNCCO)ccc3c12. The van der Waals surface area contributed by atoms with Crippen LogP contribution in [0, 0.1) is 5.41 Å². The Morgan fingerprint density at radius 3 is 3.05 bits per heavy atom. The summed E-state index contributed by atoms with van der Waals surface area (Å²) in [6, 6.07) is 3.73. The van der Waals surface area contributed by atoms with Crippen molar-refractivity contribution in [3.8, 4) is 0 Å². The molecule has 0 spiro atoms. The molecule has 4 N–H and O–H groups in total. The number of aliphatic hydroxyl groups excluding tert-OH is 1. The van der Waals surface area contributed by atoms with Crippen molar-refractivity contribution in [1.29, 1.82) is 5.41 Å². The molecule has 0 radical (unpaired) electrons. The Bertz CT molecular complexity index is 928. The van der Waals surface area contributed by atoms with E-state index in [1.807, 2.05) is 12.1 Å². The smallest absolute Gasteiger partial charge is 0.395 e. The molecule has 0 saturated heterocycles. The molecular weight excluding hydrogens is 314 g/mol. The van der Waals surface area contributed by atoms with Crippen molar-refractivity contribution in [3.05, 3.63) is 38.8 Å². The van der Waals surface area contributed by atoms with Crippen LogP contribution < -0.4 is 16.6 Å². The summed E-state index contributed by atoms with van der Waals surface area (Å²) in [6.45, 7) is 1.09. The fourth-order valence-electron chi connectivity index (χ4n) is 2.18. The maximum atomic E-state index is 11.3. The largest absolute Gasteiger partial charge is 0.419 e. The van der Waals surface area contributed by atoms with E-state index in [4.69, 9.17) is 26.5 Å². The van der Waals surface area contributed by atoms with Crippen molar-refractivity contribution < 1.29 is 9.52 Å². The van der Waals surface area contributed by atoms with Gasteiger partial charge in [0.1, 0.15) is 4.83 Å². The monoisotopic (exact) mass is 325 g/mol. The van der Waals surface area contributed by atoms with Gasteiger partial charge in [0.2, 0.25) is 5.55 Å². The van der Waals surface area contributed by atoms with Crippen LogP contribution in [0.2, 0.25) is 5.02 Å². The molecule has 0 bridgehead atoms. The molecule has 0 atom stereocenters. The fraction of sp³-hybridized carbons (Fsp3) is 0.231. The molecule has 2 aromatic heterocycles. The van der Waals surface area contributed by atoms with Crippen LogP contribution >= 0.6 is 22.9 Å². The fourth-order valence-corrected chi connectivity index (χ4v) is 3.67. The van der Waals surface area contributed by atoms with Crippen LogP contribution in [-0.2, 0) is 6.54 Å². The van der Waals surface area contributed by atoms with Gasteiger partial charge in [0.15, 0.2) is 0 Å². The number of aromatic amines is 1. The summed E-state index contributed by atoms with van der Waals surface area (Å²) in [6.07, 6.45) is 0. The second kappa shape index (κ2) is 5.61. The van der Waals surface area contributed by atoms with E-state index in [0.29, 0.717) is 28.3 Å². The van der Waals surface area contributed by atoms with Crippen molar-refractivity contribution in [2.75, 3.05) is 13.2 Å². The van der Waals surface area contributed by atoms with E-state index in [1.54, 1.807) is 0 Å². The van der Waals surface area contributed by atoms with Gasteiger partial charge in [-0.05, 0) is 5.56 Å². The van der Waals surface area contributed by atoms with Crippen molar-refractivity contribution >= 4 is 43.2 Å². The van der Waals surface area contributed by atoms with E-state index in [1.165, 1.54) is 11.3 Å². The molecule has 0 amide bonds. The van der Waals surface area contributed by atoms with E-state index >= 15 is 0 Å². The van der Waals surface area contributed by atoms with Crippen LogP contribution in [0.5, 0.6) is 0 Å². The molecule has 0 unspecified atom stereocenters. The van der Waals surface area contributed by atoms with Gasteiger partial charge in [-0.25, -0.2) is 4.79 Å².